The molecule has 0 radical (unpaired) electrons. The Morgan fingerprint density at radius 2 is 2.00 bits per heavy atom. The van der Waals surface area contributed by atoms with Gasteiger partial charge in [0.1, 0.15) is 17.3 Å². The molecule has 20 heavy (non-hydrogen) atoms. The summed E-state index contributed by atoms with van der Waals surface area (Å²) >= 11 is 0. The van der Waals surface area contributed by atoms with Crippen molar-refractivity contribution in [2.24, 2.45) is 4.99 Å². The first kappa shape index (κ1) is 14.5. The zero-order valence-electron chi connectivity index (χ0n) is 12.7. The van der Waals surface area contributed by atoms with E-state index in [-0.39, 0.29) is 0 Å². The summed E-state index contributed by atoms with van der Waals surface area (Å²) in [4.78, 5) is 4.71. The number of nitrogens with zero attached hydrogens (tertiary/aromatic N) is 3. The molecule has 0 saturated heterocycles. The maximum atomic E-state index is 5.97. The molecule has 0 aliphatic heterocycles. The van der Waals surface area contributed by atoms with Gasteiger partial charge in [-0.3, -0.25) is 0 Å². The molecule has 2 rings (SSSR count). The average Bonchev–Trinajstić information content (AvgIpc) is 2.79. The number of aryl methyl sites for hydroxylation is 2. The van der Waals surface area contributed by atoms with Crippen molar-refractivity contribution in [3.05, 3.63) is 41.7 Å². The fourth-order valence-electron chi connectivity index (χ4n) is 1.93. The Labute approximate surface area is 121 Å². The first-order valence-electron chi connectivity index (χ1n) is 6.81. The highest BCUT2D eigenvalue weighted by molar-refractivity contribution is 6.49. The van der Waals surface area contributed by atoms with Crippen LogP contribution in [-0.2, 0) is 0 Å². The summed E-state index contributed by atoms with van der Waals surface area (Å²) in [6, 6.07) is 8.01. The van der Waals surface area contributed by atoms with Gasteiger partial charge in [0, 0.05) is 6.20 Å². The van der Waals surface area contributed by atoms with Crippen LogP contribution in [0.5, 0.6) is 5.75 Å². The van der Waals surface area contributed by atoms with Gasteiger partial charge < -0.3 is 4.43 Å². The Morgan fingerprint density at radius 3 is 2.60 bits per heavy atom. The molecule has 0 amide bonds. The van der Waals surface area contributed by atoms with E-state index in [0.29, 0.717) is 0 Å². The molecule has 0 aliphatic rings. The minimum Gasteiger partial charge on any atom is -0.546 e. The molecule has 0 atom stereocenters. The van der Waals surface area contributed by atoms with Crippen molar-refractivity contribution in [2.45, 2.75) is 33.9 Å². The second kappa shape index (κ2) is 6.05. The molecule has 4 nitrogen and oxygen atoms in total. The molecule has 0 unspecified atom stereocenters. The van der Waals surface area contributed by atoms with E-state index in [1.807, 2.05) is 38.2 Å². The lowest BCUT2D eigenvalue weighted by molar-refractivity contribution is 0.581. The van der Waals surface area contributed by atoms with E-state index in [2.05, 4.69) is 31.2 Å². The highest BCUT2D eigenvalue weighted by Gasteiger charge is 2.09. The molecular formula is C15H21N3OSi. The second-order valence-electron chi connectivity index (χ2n) is 5.15. The van der Waals surface area contributed by atoms with Gasteiger partial charge >= 0.3 is 0 Å². The van der Waals surface area contributed by atoms with Gasteiger partial charge in [0.05, 0.1) is 5.69 Å². The lowest BCUT2D eigenvalue weighted by atomic mass is 10.2. The number of hydrogen-bond donors (Lipinski definition) is 0. The van der Waals surface area contributed by atoms with Gasteiger partial charge in [0.15, 0.2) is 0 Å². The Bertz CT molecular complexity index is 632. The van der Waals surface area contributed by atoms with Gasteiger partial charge in [-0.15, -0.1) is 0 Å². The lowest BCUT2D eigenvalue weighted by Crippen LogP contribution is -2.12. The highest BCUT2D eigenvalue weighted by atomic mass is 28.3. The summed E-state index contributed by atoms with van der Waals surface area (Å²) in [5.41, 5.74) is 3.00. The summed E-state index contributed by atoms with van der Waals surface area (Å²) in [6.45, 7) is 10.3. The van der Waals surface area contributed by atoms with Crippen LogP contribution in [-0.4, -0.2) is 24.7 Å². The van der Waals surface area contributed by atoms with Crippen LogP contribution in [0, 0.1) is 13.8 Å². The molecule has 0 N–H and O–H groups in total. The third-order valence-electron chi connectivity index (χ3n) is 2.89. The van der Waals surface area contributed by atoms with Crippen LogP contribution in [0.4, 0.5) is 5.69 Å². The van der Waals surface area contributed by atoms with Crippen LogP contribution >= 0.6 is 0 Å². The quantitative estimate of drug-likeness (QED) is 0.493. The first-order valence-corrected chi connectivity index (χ1v) is 9.59. The third kappa shape index (κ3) is 3.36. The van der Waals surface area contributed by atoms with Gasteiger partial charge in [0.2, 0.25) is 9.04 Å². The van der Waals surface area contributed by atoms with E-state index in [1.54, 1.807) is 4.68 Å². The van der Waals surface area contributed by atoms with Crippen molar-refractivity contribution < 1.29 is 4.43 Å². The van der Waals surface area contributed by atoms with Crippen LogP contribution in [0.1, 0.15) is 18.2 Å². The van der Waals surface area contributed by atoms with Gasteiger partial charge in [0.25, 0.3) is 0 Å². The maximum Gasteiger partial charge on any atom is 0.229 e. The molecule has 0 bridgehead atoms. The largest absolute Gasteiger partial charge is 0.546 e. The number of aromatic nitrogens is 2. The monoisotopic (exact) mass is 287 g/mol. The molecule has 106 valence electrons. The highest BCUT2D eigenvalue weighted by Crippen LogP contribution is 2.31. The normalized spacial score (nSPS) is 12.0. The molecular weight excluding hydrogens is 266 g/mol. The Hall–Kier alpha value is -1.88. The number of para-hydroxylation sites is 1. The average molecular weight is 287 g/mol. The fourth-order valence-corrected chi connectivity index (χ4v) is 2.63. The van der Waals surface area contributed by atoms with Crippen molar-refractivity contribution in [3.8, 4) is 5.75 Å². The summed E-state index contributed by atoms with van der Waals surface area (Å²) in [6.07, 6.45) is 1.92. The summed E-state index contributed by atoms with van der Waals surface area (Å²) in [5, 5.41) is 4.38. The van der Waals surface area contributed by atoms with Crippen molar-refractivity contribution >= 4 is 20.6 Å². The standard InChI is InChI=1S/C15H21N3OSi/c1-11-7-6-8-14(19-20(4)5)15(11)16-13(3)18-10-9-12(2)17-18/h6-10,20H,1-5H3. The number of rotatable bonds is 3. The van der Waals surface area contributed by atoms with Crippen molar-refractivity contribution in [3.63, 3.8) is 0 Å². The minimum absolute atomic E-state index is 0.836. The Balaban J connectivity index is 2.41. The number of benzene rings is 1. The molecule has 0 spiro atoms. The van der Waals surface area contributed by atoms with Crippen LogP contribution in [0.3, 0.4) is 0 Å². The van der Waals surface area contributed by atoms with E-state index in [4.69, 9.17) is 9.42 Å². The van der Waals surface area contributed by atoms with E-state index < -0.39 is 9.04 Å². The predicted molar refractivity (Wildman–Crippen MR) is 85.8 cm³/mol. The molecule has 0 saturated carbocycles. The molecule has 0 aliphatic carbocycles. The van der Waals surface area contributed by atoms with Crippen molar-refractivity contribution in [1.29, 1.82) is 0 Å². The van der Waals surface area contributed by atoms with Crippen molar-refractivity contribution in [1.82, 2.24) is 9.78 Å². The summed E-state index contributed by atoms with van der Waals surface area (Å²) < 4.78 is 7.76. The van der Waals surface area contributed by atoms with E-state index in [9.17, 15) is 0 Å². The number of hydrogen-bond acceptors (Lipinski definition) is 3. The molecule has 0 fully saturated rings. The van der Waals surface area contributed by atoms with E-state index >= 15 is 0 Å². The zero-order chi connectivity index (χ0) is 14.7. The predicted octanol–water partition coefficient (Wildman–Crippen LogP) is 3.46. The first-order chi connectivity index (χ1) is 9.47. The van der Waals surface area contributed by atoms with Crippen LogP contribution in [0.2, 0.25) is 13.1 Å². The molecule has 1 aromatic heterocycles. The maximum absolute atomic E-state index is 5.97. The van der Waals surface area contributed by atoms with Crippen LogP contribution in [0.25, 0.3) is 0 Å². The zero-order valence-corrected chi connectivity index (χ0v) is 13.9. The van der Waals surface area contributed by atoms with Crippen LogP contribution < -0.4 is 4.43 Å². The van der Waals surface area contributed by atoms with Gasteiger partial charge in [-0.25, -0.2) is 9.67 Å². The van der Waals surface area contributed by atoms with E-state index in [1.165, 1.54) is 0 Å². The lowest BCUT2D eigenvalue weighted by Gasteiger charge is -2.14. The Morgan fingerprint density at radius 1 is 1.25 bits per heavy atom. The molecule has 2 aromatic rings. The second-order valence-corrected chi connectivity index (χ2v) is 7.48. The fraction of sp³-hybridized carbons (Fsp3) is 0.333. The third-order valence-corrected chi connectivity index (χ3v) is 3.62. The SMILES string of the molecule is CC(=Nc1c(C)cccc1O[SiH](C)C)n1ccc(C)n1. The van der Waals surface area contributed by atoms with Crippen molar-refractivity contribution in [2.75, 3.05) is 0 Å². The summed E-state index contributed by atoms with van der Waals surface area (Å²) in [7, 11) is -1.15. The Kier molecular flexibility index (Phi) is 4.39. The van der Waals surface area contributed by atoms with Gasteiger partial charge in [-0.1, -0.05) is 12.1 Å². The minimum atomic E-state index is -1.15. The van der Waals surface area contributed by atoms with Gasteiger partial charge in [-0.2, -0.15) is 5.10 Å². The van der Waals surface area contributed by atoms with Crippen LogP contribution in [0.15, 0.2) is 35.5 Å². The number of aliphatic imine (C=N–C) groups is 1. The van der Waals surface area contributed by atoms with Gasteiger partial charge in [-0.05, 0) is 51.6 Å². The smallest absolute Gasteiger partial charge is 0.229 e. The topological polar surface area (TPSA) is 39.4 Å². The molecule has 1 heterocycles. The van der Waals surface area contributed by atoms with E-state index in [0.717, 1.165) is 28.5 Å². The summed E-state index contributed by atoms with van der Waals surface area (Å²) in [5.74, 6) is 1.71. The molecule has 1 aromatic carbocycles. The molecule has 5 heteroatoms.